The van der Waals surface area contributed by atoms with Gasteiger partial charge in [-0.2, -0.15) is 0 Å². The number of nitrogens with one attached hydrogen (secondary N) is 3. The van der Waals surface area contributed by atoms with E-state index in [9.17, 15) is 0 Å². The van der Waals surface area contributed by atoms with Crippen LogP contribution in [0.4, 0.5) is 17.3 Å². The molecule has 0 aliphatic heterocycles. The second-order valence-electron chi connectivity index (χ2n) is 4.19. The average Bonchev–Trinajstić information content (AvgIpc) is 2.30. The molecule has 5 N–H and O–H groups in total. The van der Waals surface area contributed by atoms with Crippen molar-refractivity contribution in [2.24, 2.45) is 0 Å². The minimum atomic E-state index is 0.0721. The number of anilines is 3. The third-order valence-electron chi connectivity index (χ3n) is 2.44. The molecule has 6 heteroatoms. The standard InChI is InChI=1S/C13H16N6/c1-8-7-9(2)17-13(16-8)19-12(15)18-11-6-4-3-5-10(11)14/h3-7H,14H2,1-2H3,(H3,15,16,17,18,19). The van der Waals surface area contributed by atoms with Crippen LogP contribution in [0.3, 0.4) is 0 Å². The maximum absolute atomic E-state index is 7.84. The molecule has 0 spiro atoms. The Hall–Kier alpha value is -2.63. The Kier molecular flexibility index (Phi) is 3.61. The van der Waals surface area contributed by atoms with Crippen molar-refractivity contribution in [3.05, 3.63) is 41.7 Å². The van der Waals surface area contributed by atoms with Gasteiger partial charge in [-0.1, -0.05) is 12.1 Å². The fraction of sp³-hybridized carbons (Fsp3) is 0.154. The van der Waals surface area contributed by atoms with Gasteiger partial charge in [0, 0.05) is 11.4 Å². The number of para-hydroxylation sites is 2. The van der Waals surface area contributed by atoms with Gasteiger partial charge >= 0.3 is 0 Å². The Balaban J connectivity index is 2.07. The van der Waals surface area contributed by atoms with E-state index in [4.69, 9.17) is 11.1 Å². The first-order chi connectivity index (χ1) is 9.04. The third kappa shape index (κ3) is 3.41. The predicted octanol–water partition coefficient (Wildman–Crippen LogP) is 2.13. The molecule has 0 saturated carbocycles. The van der Waals surface area contributed by atoms with Crippen LogP contribution in [0.2, 0.25) is 0 Å². The molecule has 0 aliphatic carbocycles. The van der Waals surface area contributed by atoms with Crippen LogP contribution < -0.4 is 16.4 Å². The van der Waals surface area contributed by atoms with Gasteiger partial charge in [0.25, 0.3) is 0 Å². The number of aryl methyl sites for hydroxylation is 2. The van der Waals surface area contributed by atoms with Gasteiger partial charge in [0.15, 0.2) is 5.96 Å². The molecule has 0 radical (unpaired) electrons. The van der Waals surface area contributed by atoms with Crippen LogP contribution in [0.1, 0.15) is 11.4 Å². The molecule has 1 heterocycles. The number of aromatic nitrogens is 2. The lowest BCUT2D eigenvalue weighted by atomic mass is 10.3. The van der Waals surface area contributed by atoms with Gasteiger partial charge in [0.1, 0.15) is 0 Å². The van der Waals surface area contributed by atoms with E-state index in [1.54, 1.807) is 12.1 Å². The number of nitrogen functional groups attached to an aromatic ring is 1. The van der Waals surface area contributed by atoms with Crippen LogP contribution >= 0.6 is 0 Å². The predicted molar refractivity (Wildman–Crippen MR) is 77.3 cm³/mol. The molecule has 0 aliphatic rings. The van der Waals surface area contributed by atoms with Gasteiger partial charge in [-0.05, 0) is 32.0 Å². The SMILES string of the molecule is Cc1cc(C)nc(NC(=N)Nc2ccccc2N)n1. The Morgan fingerprint density at radius 3 is 2.37 bits per heavy atom. The first kappa shape index (κ1) is 12.8. The van der Waals surface area contributed by atoms with Gasteiger partial charge in [-0.3, -0.25) is 10.7 Å². The highest BCUT2D eigenvalue weighted by molar-refractivity contribution is 6.02. The van der Waals surface area contributed by atoms with Crippen LogP contribution in [0.15, 0.2) is 30.3 Å². The summed E-state index contributed by atoms with van der Waals surface area (Å²) in [7, 11) is 0. The van der Waals surface area contributed by atoms with Crippen LogP contribution in [0, 0.1) is 19.3 Å². The molecular weight excluding hydrogens is 240 g/mol. The molecule has 0 bridgehead atoms. The van der Waals surface area contributed by atoms with Crippen molar-refractivity contribution in [2.75, 3.05) is 16.4 Å². The van der Waals surface area contributed by atoms with E-state index < -0.39 is 0 Å². The van der Waals surface area contributed by atoms with Crippen LogP contribution in [-0.2, 0) is 0 Å². The molecule has 0 unspecified atom stereocenters. The zero-order valence-corrected chi connectivity index (χ0v) is 10.9. The maximum Gasteiger partial charge on any atom is 0.229 e. The summed E-state index contributed by atoms with van der Waals surface area (Å²) in [4.78, 5) is 8.41. The van der Waals surface area contributed by atoms with E-state index in [1.165, 1.54) is 0 Å². The summed E-state index contributed by atoms with van der Waals surface area (Å²) in [6.45, 7) is 3.76. The highest BCUT2D eigenvalue weighted by Crippen LogP contribution is 2.16. The van der Waals surface area contributed by atoms with Crippen molar-refractivity contribution >= 4 is 23.3 Å². The lowest BCUT2D eigenvalue weighted by Gasteiger charge is -2.11. The quantitative estimate of drug-likeness (QED) is 0.375. The number of hydrogen-bond acceptors (Lipinski definition) is 4. The van der Waals surface area contributed by atoms with Crippen LogP contribution in [0.25, 0.3) is 0 Å². The van der Waals surface area contributed by atoms with E-state index in [1.807, 2.05) is 32.0 Å². The monoisotopic (exact) mass is 256 g/mol. The van der Waals surface area contributed by atoms with Crippen molar-refractivity contribution in [1.82, 2.24) is 9.97 Å². The smallest absolute Gasteiger partial charge is 0.229 e. The number of nitrogens with two attached hydrogens (primary N) is 1. The number of hydrogen-bond donors (Lipinski definition) is 4. The fourth-order valence-electron chi connectivity index (χ4n) is 1.67. The van der Waals surface area contributed by atoms with Crippen molar-refractivity contribution in [3.63, 3.8) is 0 Å². The zero-order chi connectivity index (χ0) is 13.8. The van der Waals surface area contributed by atoms with Crippen LogP contribution in [-0.4, -0.2) is 15.9 Å². The van der Waals surface area contributed by atoms with Gasteiger partial charge in [-0.25, -0.2) is 9.97 Å². The van der Waals surface area contributed by atoms with Gasteiger partial charge < -0.3 is 11.1 Å². The van der Waals surface area contributed by atoms with E-state index in [0.717, 1.165) is 11.4 Å². The summed E-state index contributed by atoms with van der Waals surface area (Å²) in [5.74, 6) is 0.465. The molecule has 2 rings (SSSR count). The molecule has 98 valence electrons. The fourth-order valence-corrected chi connectivity index (χ4v) is 1.67. The number of nitrogens with zero attached hydrogens (tertiary/aromatic N) is 2. The summed E-state index contributed by atoms with van der Waals surface area (Å²) < 4.78 is 0. The topological polar surface area (TPSA) is 99.7 Å². The largest absolute Gasteiger partial charge is 0.397 e. The molecule has 19 heavy (non-hydrogen) atoms. The number of rotatable bonds is 2. The summed E-state index contributed by atoms with van der Waals surface area (Å²) in [6, 6.07) is 9.12. The van der Waals surface area contributed by atoms with E-state index in [2.05, 4.69) is 20.6 Å². The molecule has 1 aromatic heterocycles. The molecule has 0 amide bonds. The van der Waals surface area contributed by atoms with Crippen LogP contribution in [0.5, 0.6) is 0 Å². The van der Waals surface area contributed by atoms with E-state index >= 15 is 0 Å². The zero-order valence-electron chi connectivity index (χ0n) is 10.9. The summed E-state index contributed by atoms with van der Waals surface area (Å²) in [6.07, 6.45) is 0. The highest BCUT2D eigenvalue weighted by Gasteiger charge is 2.04. The van der Waals surface area contributed by atoms with Crippen molar-refractivity contribution in [2.45, 2.75) is 13.8 Å². The molecule has 2 aromatic rings. The second kappa shape index (κ2) is 5.34. The summed E-state index contributed by atoms with van der Waals surface area (Å²) in [5.41, 5.74) is 8.74. The summed E-state index contributed by atoms with van der Waals surface area (Å²) in [5, 5.41) is 13.5. The summed E-state index contributed by atoms with van der Waals surface area (Å²) >= 11 is 0. The highest BCUT2D eigenvalue weighted by atomic mass is 15.2. The van der Waals surface area contributed by atoms with Crippen molar-refractivity contribution in [1.29, 1.82) is 5.41 Å². The lowest BCUT2D eigenvalue weighted by molar-refractivity contribution is 1.06. The minimum Gasteiger partial charge on any atom is -0.397 e. The normalized spacial score (nSPS) is 10.0. The average molecular weight is 256 g/mol. The Labute approximate surface area is 111 Å². The molecule has 6 nitrogen and oxygen atoms in total. The van der Waals surface area contributed by atoms with Gasteiger partial charge in [0.2, 0.25) is 5.95 Å². The van der Waals surface area contributed by atoms with Crippen molar-refractivity contribution in [3.8, 4) is 0 Å². The molecule has 1 aromatic carbocycles. The number of guanidine groups is 1. The van der Waals surface area contributed by atoms with E-state index in [0.29, 0.717) is 17.3 Å². The minimum absolute atomic E-state index is 0.0721. The van der Waals surface area contributed by atoms with E-state index in [-0.39, 0.29) is 5.96 Å². The maximum atomic E-state index is 7.84. The first-order valence-corrected chi connectivity index (χ1v) is 5.84. The third-order valence-corrected chi connectivity index (χ3v) is 2.44. The van der Waals surface area contributed by atoms with Crippen molar-refractivity contribution < 1.29 is 0 Å². The first-order valence-electron chi connectivity index (χ1n) is 5.84. The molecule has 0 saturated heterocycles. The number of benzene rings is 1. The lowest BCUT2D eigenvalue weighted by Crippen LogP contribution is -2.22. The Morgan fingerprint density at radius 2 is 1.74 bits per heavy atom. The molecule has 0 atom stereocenters. The molecule has 0 fully saturated rings. The Morgan fingerprint density at radius 1 is 1.11 bits per heavy atom. The van der Waals surface area contributed by atoms with Gasteiger partial charge in [-0.15, -0.1) is 0 Å². The molecular formula is C13H16N6. The Bertz CT molecular complexity index is 588. The van der Waals surface area contributed by atoms with Gasteiger partial charge in [0.05, 0.1) is 11.4 Å². The second-order valence-corrected chi connectivity index (χ2v) is 4.19.